The fraction of sp³-hybridized carbons (Fsp3) is 0.909. The van der Waals surface area contributed by atoms with Gasteiger partial charge in [-0.05, 0) is 27.2 Å². The van der Waals surface area contributed by atoms with Crippen LogP contribution in [-0.2, 0) is 4.79 Å². The molecule has 0 aliphatic carbocycles. The minimum Gasteiger partial charge on any atom is -0.353 e. The second-order valence-electron chi connectivity index (χ2n) is 5.54. The molecule has 2 aliphatic heterocycles. The van der Waals surface area contributed by atoms with E-state index < -0.39 is 0 Å². The van der Waals surface area contributed by atoms with Crippen LogP contribution in [0.1, 0.15) is 33.6 Å². The highest BCUT2D eigenvalue weighted by atomic mass is 16.2. The summed E-state index contributed by atoms with van der Waals surface area (Å²) in [6, 6.07) is 0.459. The number of nitrogens with one attached hydrogen (secondary N) is 1. The van der Waals surface area contributed by atoms with E-state index in [1.165, 1.54) is 0 Å². The Morgan fingerprint density at radius 1 is 1.43 bits per heavy atom. The van der Waals surface area contributed by atoms with Crippen molar-refractivity contribution in [2.45, 2.75) is 45.2 Å². The second kappa shape index (κ2) is 3.23. The van der Waals surface area contributed by atoms with Gasteiger partial charge in [-0.15, -0.1) is 0 Å². The summed E-state index contributed by atoms with van der Waals surface area (Å²) in [7, 11) is 0. The van der Waals surface area contributed by atoms with Crippen LogP contribution in [0.25, 0.3) is 0 Å². The van der Waals surface area contributed by atoms with Gasteiger partial charge in [0.2, 0.25) is 5.91 Å². The Hall–Kier alpha value is -0.570. The molecule has 2 atom stereocenters. The van der Waals surface area contributed by atoms with E-state index in [0.717, 1.165) is 25.9 Å². The first-order valence-electron chi connectivity index (χ1n) is 5.51. The molecule has 80 valence electrons. The average Bonchev–Trinajstić information content (AvgIpc) is 2.41. The number of nitrogens with zero attached hydrogens (tertiary/aromatic N) is 1. The third-order valence-electron chi connectivity index (χ3n) is 3.48. The summed E-state index contributed by atoms with van der Waals surface area (Å²) in [5.41, 5.74) is 0.247. The fourth-order valence-corrected chi connectivity index (χ4v) is 2.54. The molecular weight excluding hydrogens is 176 g/mol. The highest BCUT2D eigenvalue weighted by Crippen LogP contribution is 2.29. The quantitative estimate of drug-likeness (QED) is 0.627. The Bertz CT molecular complexity index is 244. The van der Waals surface area contributed by atoms with Crippen LogP contribution in [0, 0.1) is 5.92 Å². The number of piperidine rings is 1. The standard InChI is InChI=1S/C11H20N2O/c1-11(2,3)13-5-4-9-8(7-13)6-10(14)12-9/h8-9H,4-7H2,1-3H3,(H,12,14). The van der Waals surface area contributed by atoms with Crippen molar-refractivity contribution in [2.24, 2.45) is 5.92 Å². The number of carbonyl (C=O) groups excluding carboxylic acids is 1. The number of carbonyl (C=O) groups is 1. The Balaban J connectivity index is 2.01. The van der Waals surface area contributed by atoms with Gasteiger partial charge >= 0.3 is 0 Å². The maximum absolute atomic E-state index is 11.2. The largest absolute Gasteiger partial charge is 0.353 e. The number of hydrogen-bond acceptors (Lipinski definition) is 2. The zero-order valence-electron chi connectivity index (χ0n) is 9.34. The summed E-state index contributed by atoms with van der Waals surface area (Å²) in [6.07, 6.45) is 1.85. The summed E-state index contributed by atoms with van der Waals surface area (Å²) < 4.78 is 0. The van der Waals surface area contributed by atoms with Crippen LogP contribution >= 0.6 is 0 Å². The van der Waals surface area contributed by atoms with Gasteiger partial charge in [0, 0.05) is 37.0 Å². The molecule has 0 saturated carbocycles. The van der Waals surface area contributed by atoms with Crippen molar-refractivity contribution >= 4 is 5.91 Å². The minimum absolute atomic E-state index is 0.246. The van der Waals surface area contributed by atoms with Crippen LogP contribution in [0.2, 0.25) is 0 Å². The van der Waals surface area contributed by atoms with Crippen LogP contribution in [0.4, 0.5) is 0 Å². The molecule has 2 heterocycles. The molecule has 3 heteroatoms. The van der Waals surface area contributed by atoms with E-state index in [-0.39, 0.29) is 11.4 Å². The van der Waals surface area contributed by atoms with Crippen molar-refractivity contribution < 1.29 is 4.79 Å². The first-order valence-corrected chi connectivity index (χ1v) is 5.51. The van der Waals surface area contributed by atoms with E-state index in [9.17, 15) is 4.79 Å². The number of likely N-dealkylation sites (tertiary alicyclic amines) is 1. The second-order valence-corrected chi connectivity index (χ2v) is 5.54. The Morgan fingerprint density at radius 3 is 2.79 bits per heavy atom. The van der Waals surface area contributed by atoms with Crippen LogP contribution in [0.5, 0.6) is 0 Å². The van der Waals surface area contributed by atoms with Gasteiger partial charge in [0.1, 0.15) is 0 Å². The fourth-order valence-electron chi connectivity index (χ4n) is 2.54. The molecule has 2 fully saturated rings. The van der Waals surface area contributed by atoms with Crippen LogP contribution in [0.3, 0.4) is 0 Å². The van der Waals surface area contributed by atoms with Gasteiger partial charge < -0.3 is 5.32 Å². The van der Waals surface area contributed by atoms with Crippen molar-refractivity contribution in [3.63, 3.8) is 0 Å². The number of hydrogen-bond donors (Lipinski definition) is 1. The molecule has 2 saturated heterocycles. The summed E-state index contributed by atoms with van der Waals surface area (Å²) in [5.74, 6) is 0.797. The molecule has 2 unspecified atom stereocenters. The van der Waals surface area contributed by atoms with Crippen molar-refractivity contribution in [1.29, 1.82) is 0 Å². The zero-order chi connectivity index (χ0) is 10.3. The topological polar surface area (TPSA) is 32.3 Å². The van der Waals surface area contributed by atoms with Crippen molar-refractivity contribution in [1.82, 2.24) is 10.2 Å². The lowest BCUT2D eigenvalue weighted by Gasteiger charge is -2.42. The van der Waals surface area contributed by atoms with E-state index >= 15 is 0 Å². The predicted molar refractivity (Wildman–Crippen MR) is 56.0 cm³/mol. The summed E-state index contributed by atoms with van der Waals surface area (Å²) >= 11 is 0. The average molecular weight is 196 g/mol. The molecule has 1 N–H and O–H groups in total. The third-order valence-corrected chi connectivity index (χ3v) is 3.48. The maximum atomic E-state index is 11.2. The Kier molecular flexibility index (Phi) is 2.30. The molecule has 0 aromatic carbocycles. The van der Waals surface area contributed by atoms with Gasteiger partial charge in [-0.3, -0.25) is 9.69 Å². The molecule has 0 aromatic heterocycles. The van der Waals surface area contributed by atoms with Gasteiger partial charge in [-0.1, -0.05) is 0 Å². The Morgan fingerprint density at radius 2 is 2.14 bits per heavy atom. The van der Waals surface area contributed by atoms with E-state index in [0.29, 0.717) is 12.0 Å². The van der Waals surface area contributed by atoms with Gasteiger partial charge in [-0.2, -0.15) is 0 Å². The first-order chi connectivity index (χ1) is 6.47. The van der Waals surface area contributed by atoms with Crippen molar-refractivity contribution in [3.05, 3.63) is 0 Å². The zero-order valence-corrected chi connectivity index (χ0v) is 9.34. The van der Waals surface area contributed by atoms with E-state index in [2.05, 4.69) is 31.0 Å². The molecule has 0 spiro atoms. The summed E-state index contributed by atoms with van der Waals surface area (Å²) in [5, 5.41) is 3.06. The van der Waals surface area contributed by atoms with E-state index in [1.807, 2.05) is 0 Å². The molecule has 0 aromatic rings. The monoisotopic (exact) mass is 196 g/mol. The lowest BCUT2D eigenvalue weighted by Crippen LogP contribution is -2.51. The van der Waals surface area contributed by atoms with Gasteiger partial charge in [0.25, 0.3) is 0 Å². The third kappa shape index (κ3) is 1.78. The van der Waals surface area contributed by atoms with Gasteiger partial charge in [0.05, 0.1) is 0 Å². The van der Waals surface area contributed by atoms with Gasteiger partial charge in [-0.25, -0.2) is 0 Å². The molecule has 3 nitrogen and oxygen atoms in total. The smallest absolute Gasteiger partial charge is 0.220 e. The van der Waals surface area contributed by atoms with Crippen LogP contribution < -0.4 is 5.32 Å². The maximum Gasteiger partial charge on any atom is 0.220 e. The molecule has 2 rings (SSSR count). The minimum atomic E-state index is 0.246. The molecule has 14 heavy (non-hydrogen) atoms. The van der Waals surface area contributed by atoms with Crippen molar-refractivity contribution in [2.75, 3.05) is 13.1 Å². The molecule has 0 bridgehead atoms. The number of fused-ring (bicyclic) bond motifs is 1. The number of rotatable bonds is 0. The summed E-state index contributed by atoms with van der Waals surface area (Å²) in [4.78, 5) is 13.7. The molecule has 0 radical (unpaired) electrons. The van der Waals surface area contributed by atoms with Crippen LogP contribution in [-0.4, -0.2) is 35.5 Å². The van der Waals surface area contributed by atoms with Crippen LogP contribution in [0.15, 0.2) is 0 Å². The molecular formula is C11H20N2O. The van der Waals surface area contributed by atoms with E-state index in [1.54, 1.807) is 0 Å². The summed E-state index contributed by atoms with van der Waals surface area (Å²) in [6.45, 7) is 8.93. The Labute approximate surface area is 85.8 Å². The number of amides is 1. The molecule has 1 amide bonds. The van der Waals surface area contributed by atoms with E-state index in [4.69, 9.17) is 0 Å². The highest BCUT2D eigenvalue weighted by molar-refractivity contribution is 5.79. The lowest BCUT2D eigenvalue weighted by molar-refractivity contribution is -0.119. The predicted octanol–water partition coefficient (Wildman–Crippen LogP) is 0.995. The normalized spacial score (nSPS) is 34.1. The van der Waals surface area contributed by atoms with Gasteiger partial charge in [0.15, 0.2) is 0 Å². The van der Waals surface area contributed by atoms with Crippen molar-refractivity contribution in [3.8, 4) is 0 Å². The first kappa shape index (κ1) is 9.97. The molecule has 2 aliphatic rings. The SMILES string of the molecule is CC(C)(C)N1CCC2NC(=O)CC2C1. The lowest BCUT2D eigenvalue weighted by atomic mass is 9.90. The highest BCUT2D eigenvalue weighted by Gasteiger charge is 2.39.